The summed E-state index contributed by atoms with van der Waals surface area (Å²) in [5.41, 5.74) is 2.51. The monoisotopic (exact) mass is 257 g/mol. The number of rotatable bonds is 5. The molecule has 1 N–H and O–H groups in total. The quantitative estimate of drug-likeness (QED) is 0.880. The third-order valence-corrected chi connectivity index (χ3v) is 3.45. The van der Waals surface area contributed by atoms with E-state index < -0.39 is 0 Å². The van der Waals surface area contributed by atoms with Crippen LogP contribution in [0.2, 0.25) is 0 Å². The summed E-state index contributed by atoms with van der Waals surface area (Å²) in [7, 11) is 0. The third kappa shape index (κ3) is 3.25. The van der Waals surface area contributed by atoms with E-state index in [0.29, 0.717) is 18.2 Å². The molecule has 19 heavy (non-hydrogen) atoms. The molecular weight excluding hydrogens is 238 g/mol. The van der Waals surface area contributed by atoms with Crippen LogP contribution in [0.25, 0.3) is 0 Å². The molecule has 0 radical (unpaired) electrons. The van der Waals surface area contributed by atoms with Gasteiger partial charge in [-0.1, -0.05) is 6.07 Å². The summed E-state index contributed by atoms with van der Waals surface area (Å²) in [6, 6.07) is 8.02. The van der Waals surface area contributed by atoms with Crippen LogP contribution >= 0.6 is 0 Å². The van der Waals surface area contributed by atoms with Crippen molar-refractivity contribution in [2.24, 2.45) is 0 Å². The number of carbonyl (C=O) groups excluding carboxylic acids is 1. The lowest BCUT2D eigenvalue weighted by Crippen LogP contribution is -2.37. The zero-order valence-electron chi connectivity index (χ0n) is 11.4. The average molecular weight is 257 g/mol. The Labute approximate surface area is 114 Å². The Morgan fingerprint density at radius 2 is 2.26 bits per heavy atom. The van der Waals surface area contributed by atoms with Crippen molar-refractivity contribution in [1.82, 2.24) is 4.90 Å². The lowest BCUT2D eigenvalue weighted by molar-refractivity contribution is -0.129. The minimum atomic E-state index is 0.131. The molecule has 0 atom stereocenters. The number of nitrogens with one attached hydrogen (secondary N) is 1. The van der Waals surface area contributed by atoms with Crippen molar-refractivity contribution in [2.75, 3.05) is 18.4 Å². The van der Waals surface area contributed by atoms with Gasteiger partial charge in [-0.2, -0.15) is 5.26 Å². The number of hydrogen-bond donors (Lipinski definition) is 1. The maximum absolute atomic E-state index is 12.1. The minimum Gasteiger partial charge on any atom is -0.376 e. The van der Waals surface area contributed by atoms with Crippen molar-refractivity contribution in [3.8, 4) is 6.07 Å². The second-order valence-corrected chi connectivity index (χ2v) is 4.91. The number of likely N-dealkylation sites (N-methyl/N-ethyl adjacent to an activating group) is 1. The predicted molar refractivity (Wildman–Crippen MR) is 74.8 cm³/mol. The Hall–Kier alpha value is -2.02. The number of nitrogens with zero attached hydrogens (tertiary/aromatic N) is 2. The number of carbonyl (C=O) groups is 1. The summed E-state index contributed by atoms with van der Waals surface area (Å²) in [6.07, 6.45) is 2.26. The van der Waals surface area contributed by atoms with Crippen molar-refractivity contribution >= 4 is 11.6 Å². The van der Waals surface area contributed by atoms with Gasteiger partial charge in [-0.3, -0.25) is 4.79 Å². The van der Waals surface area contributed by atoms with E-state index >= 15 is 0 Å². The molecule has 1 aliphatic carbocycles. The van der Waals surface area contributed by atoms with Crippen LogP contribution in [0.5, 0.6) is 0 Å². The normalized spacial score (nSPS) is 13.7. The van der Waals surface area contributed by atoms with E-state index in [1.165, 1.54) is 0 Å². The topological polar surface area (TPSA) is 56.1 Å². The molecule has 4 heteroatoms. The molecule has 0 aromatic heterocycles. The largest absolute Gasteiger partial charge is 0.376 e. The van der Waals surface area contributed by atoms with Gasteiger partial charge in [-0.05, 0) is 44.4 Å². The molecular formula is C15H19N3O. The predicted octanol–water partition coefficient (Wildman–Crippen LogP) is 2.29. The van der Waals surface area contributed by atoms with Crippen LogP contribution in [0.1, 0.15) is 30.9 Å². The van der Waals surface area contributed by atoms with Gasteiger partial charge >= 0.3 is 0 Å². The Balaban J connectivity index is 1.98. The van der Waals surface area contributed by atoms with E-state index in [9.17, 15) is 4.79 Å². The first-order valence-electron chi connectivity index (χ1n) is 6.69. The highest BCUT2D eigenvalue weighted by Gasteiger charge is 2.30. The Morgan fingerprint density at radius 3 is 2.84 bits per heavy atom. The number of nitriles is 1. The van der Waals surface area contributed by atoms with E-state index in [-0.39, 0.29) is 5.91 Å². The molecule has 4 nitrogen and oxygen atoms in total. The molecule has 0 aliphatic heterocycles. The zero-order chi connectivity index (χ0) is 13.8. The Bertz CT molecular complexity index is 515. The molecule has 2 rings (SSSR count). The zero-order valence-corrected chi connectivity index (χ0v) is 11.4. The van der Waals surface area contributed by atoms with Gasteiger partial charge in [0.1, 0.15) is 0 Å². The summed E-state index contributed by atoms with van der Waals surface area (Å²) >= 11 is 0. The summed E-state index contributed by atoms with van der Waals surface area (Å²) in [6.45, 7) is 5.03. The van der Waals surface area contributed by atoms with E-state index in [2.05, 4.69) is 11.4 Å². The van der Waals surface area contributed by atoms with Gasteiger partial charge in [-0.25, -0.2) is 0 Å². The number of benzene rings is 1. The minimum absolute atomic E-state index is 0.131. The van der Waals surface area contributed by atoms with Crippen LogP contribution in [0.15, 0.2) is 18.2 Å². The van der Waals surface area contributed by atoms with Crippen molar-refractivity contribution in [2.45, 2.75) is 32.7 Å². The van der Waals surface area contributed by atoms with E-state index in [0.717, 1.165) is 30.6 Å². The molecule has 1 aliphatic rings. The van der Waals surface area contributed by atoms with Gasteiger partial charge in [0.05, 0.1) is 18.2 Å². The molecule has 1 saturated carbocycles. The molecule has 1 aromatic carbocycles. The van der Waals surface area contributed by atoms with Gasteiger partial charge in [0.25, 0.3) is 0 Å². The van der Waals surface area contributed by atoms with Crippen LogP contribution in [0.3, 0.4) is 0 Å². The maximum atomic E-state index is 12.1. The van der Waals surface area contributed by atoms with Gasteiger partial charge in [0, 0.05) is 18.3 Å². The molecule has 0 bridgehead atoms. The number of anilines is 1. The smallest absolute Gasteiger partial charge is 0.242 e. The van der Waals surface area contributed by atoms with Crippen LogP contribution in [0, 0.1) is 18.3 Å². The average Bonchev–Trinajstić information content (AvgIpc) is 3.23. The molecule has 0 unspecified atom stereocenters. The first kappa shape index (κ1) is 13.4. The van der Waals surface area contributed by atoms with Crippen LogP contribution in [-0.4, -0.2) is 29.9 Å². The summed E-state index contributed by atoms with van der Waals surface area (Å²) < 4.78 is 0. The molecule has 1 amide bonds. The first-order chi connectivity index (χ1) is 9.15. The lowest BCUT2D eigenvalue weighted by atomic mass is 10.1. The highest BCUT2D eigenvalue weighted by Crippen LogP contribution is 2.26. The molecule has 0 spiro atoms. The summed E-state index contributed by atoms with van der Waals surface area (Å²) in [5, 5.41) is 12.0. The van der Waals surface area contributed by atoms with Crippen LogP contribution in [-0.2, 0) is 4.79 Å². The van der Waals surface area contributed by atoms with Gasteiger partial charge in [0.15, 0.2) is 0 Å². The fraction of sp³-hybridized carbons (Fsp3) is 0.467. The molecule has 1 fully saturated rings. The highest BCUT2D eigenvalue weighted by molar-refractivity contribution is 5.81. The molecule has 100 valence electrons. The summed E-state index contributed by atoms with van der Waals surface area (Å²) in [4.78, 5) is 14.0. The fourth-order valence-corrected chi connectivity index (χ4v) is 2.18. The Kier molecular flexibility index (Phi) is 4.06. The van der Waals surface area contributed by atoms with E-state index in [4.69, 9.17) is 5.26 Å². The van der Waals surface area contributed by atoms with Gasteiger partial charge < -0.3 is 10.2 Å². The SMILES string of the molecule is CCN(C(=O)CNc1cc(C#N)ccc1C)C1CC1. The molecule has 1 aromatic rings. The van der Waals surface area contributed by atoms with E-state index in [1.807, 2.05) is 24.8 Å². The first-order valence-corrected chi connectivity index (χ1v) is 6.69. The van der Waals surface area contributed by atoms with Crippen molar-refractivity contribution in [3.63, 3.8) is 0 Å². The number of amides is 1. The van der Waals surface area contributed by atoms with Crippen LogP contribution < -0.4 is 5.32 Å². The Morgan fingerprint density at radius 1 is 1.53 bits per heavy atom. The van der Waals surface area contributed by atoms with Gasteiger partial charge in [-0.15, -0.1) is 0 Å². The van der Waals surface area contributed by atoms with Crippen molar-refractivity contribution < 1.29 is 4.79 Å². The number of hydrogen-bond acceptors (Lipinski definition) is 3. The molecule has 0 heterocycles. The standard InChI is InChI=1S/C15H19N3O/c1-3-18(13-6-7-13)15(19)10-17-14-8-12(9-16)5-4-11(14)2/h4-5,8,13,17H,3,6-7,10H2,1-2H3. The third-order valence-electron chi connectivity index (χ3n) is 3.45. The lowest BCUT2D eigenvalue weighted by Gasteiger charge is -2.21. The second kappa shape index (κ2) is 5.75. The second-order valence-electron chi connectivity index (χ2n) is 4.91. The number of aryl methyl sites for hydroxylation is 1. The van der Waals surface area contributed by atoms with Crippen LogP contribution in [0.4, 0.5) is 5.69 Å². The fourth-order valence-electron chi connectivity index (χ4n) is 2.18. The summed E-state index contributed by atoms with van der Waals surface area (Å²) in [5.74, 6) is 0.131. The van der Waals surface area contributed by atoms with E-state index in [1.54, 1.807) is 12.1 Å². The molecule has 0 saturated heterocycles. The van der Waals surface area contributed by atoms with Crippen molar-refractivity contribution in [1.29, 1.82) is 5.26 Å². The maximum Gasteiger partial charge on any atom is 0.242 e. The van der Waals surface area contributed by atoms with Crippen molar-refractivity contribution in [3.05, 3.63) is 29.3 Å². The highest BCUT2D eigenvalue weighted by atomic mass is 16.2. The van der Waals surface area contributed by atoms with Gasteiger partial charge in [0.2, 0.25) is 5.91 Å².